The van der Waals surface area contributed by atoms with E-state index in [-0.39, 0.29) is 31.7 Å². The molecule has 0 spiro atoms. The van der Waals surface area contributed by atoms with Gasteiger partial charge in [-0.3, -0.25) is 19.2 Å². The largest absolute Gasteiger partial charge is 0.480 e. The summed E-state index contributed by atoms with van der Waals surface area (Å²) >= 11 is 0. The van der Waals surface area contributed by atoms with Crippen LogP contribution in [0.5, 0.6) is 0 Å². The number of carbonyl (C=O) groups is 5. The highest BCUT2D eigenvalue weighted by Crippen LogP contribution is 2.06. The Labute approximate surface area is 185 Å². The van der Waals surface area contributed by atoms with Crippen LogP contribution in [0.15, 0.2) is 0 Å². The van der Waals surface area contributed by atoms with Gasteiger partial charge in [0.1, 0.15) is 24.7 Å². The van der Waals surface area contributed by atoms with Gasteiger partial charge >= 0.3 is 29.8 Å². The number of carbonyl (C=O) groups excluding carboxylic acids is 3. The molecular weight excluding hydrogens is 430 g/mol. The number of rotatable bonds is 9. The Morgan fingerprint density at radius 2 is 1.62 bits per heavy atom. The molecule has 1 aliphatic heterocycles. The molecule has 1 rings (SSSR count). The summed E-state index contributed by atoms with van der Waals surface area (Å²) in [6, 6.07) is -2.19. The highest BCUT2D eigenvalue weighted by Gasteiger charge is 2.23. The Balaban J connectivity index is 0. The molecule has 0 bridgehead atoms. The van der Waals surface area contributed by atoms with E-state index in [1.807, 2.05) is 13.8 Å². The van der Waals surface area contributed by atoms with Crippen LogP contribution in [0.2, 0.25) is 0 Å². The summed E-state index contributed by atoms with van der Waals surface area (Å²) in [6.07, 6.45) is 2.54. The van der Waals surface area contributed by atoms with Crippen molar-refractivity contribution in [3.8, 4) is 0 Å². The van der Waals surface area contributed by atoms with Gasteiger partial charge in [0.05, 0.1) is 13.1 Å². The maximum atomic E-state index is 11.1. The van der Waals surface area contributed by atoms with Crippen LogP contribution in [-0.2, 0) is 33.4 Å². The molecule has 186 valence electrons. The second-order valence-electron chi connectivity index (χ2n) is 6.73. The summed E-state index contributed by atoms with van der Waals surface area (Å²) in [4.78, 5) is 52.2. The monoisotopic (exact) mass is 465 g/mol. The SMILES string of the molecule is CC[C@H](C)[C@H](N)C(=O)OC(=O)CN.NCC(=O)OC[C@H](N)C(=O)O.O=C(O)[C@@H]1CCCN1. The van der Waals surface area contributed by atoms with E-state index in [9.17, 15) is 24.0 Å². The van der Waals surface area contributed by atoms with Crippen LogP contribution in [0.4, 0.5) is 0 Å². The van der Waals surface area contributed by atoms with Crippen molar-refractivity contribution in [3.63, 3.8) is 0 Å². The Morgan fingerprint density at radius 3 is 1.97 bits per heavy atom. The van der Waals surface area contributed by atoms with E-state index < -0.39 is 41.9 Å². The predicted molar refractivity (Wildman–Crippen MR) is 112 cm³/mol. The van der Waals surface area contributed by atoms with Crippen molar-refractivity contribution >= 4 is 29.8 Å². The minimum absolute atomic E-state index is 0.00178. The number of hydrogen-bond donors (Lipinski definition) is 7. The summed E-state index contributed by atoms with van der Waals surface area (Å²) in [5.74, 6) is -4.05. The van der Waals surface area contributed by atoms with Crippen molar-refractivity contribution in [1.82, 2.24) is 5.32 Å². The van der Waals surface area contributed by atoms with E-state index in [1.54, 1.807) is 0 Å². The zero-order valence-electron chi connectivity index (χ0n) is 18.3. The smallest absolute Gasteiger partial charge is 0.330 e. The Morgan fingerprint density at radius 1 is 1.06 bits per heavy atom. The van der Waals surface area contributed by atoms with Crippen LogP contribution in [0.25, 0.3) is 0 Å². The Kier molecular flexibility index (Phi) is 17.7. The number of hydrogen-bond acceptors (Lipinski definition) is 12. The first kappa shape index (κ1) is 31.5. The lowest BCUT2D eigenvalue weighted by Crippen LogP contribution is -2.39. The molecule has 0 radical (unpaired) electrons. The molecule has 1 fully saturated rings. The van der Waals surface area contributed by atoms with Crippen LogP contribution < -0.4 is 28.3 Å². The fourth-order valence-corrected chi connectivity index (χ4v) is 1.92. The third-order valence-electron chi connectivity index (χ3n) is 4.18. The first-order valence-electron chi connectivity index (χ1n) is 9.91. The average Bonchev–Trinajstić information content (AvgIpc) is 3.32. The number of aliphatic carboxylic acids is 2. The van der Waals surface area contributed by atoms with Crippen molar-refractivity contribution in [3.05, 3.63) is 0 Å². The van der Waals surface area contributed by atoms with Crippen molar-refractivity contribution < 1.29 is 43.7 Å². The highest BCUT2D eigenvalue weighted by molar-refractivity contribution is 5.89. The minimum Gasteiger partial charge on any atom is -0.480 e. The topological polar surface area (TPSA) is 260 Å². The molecule has 0 aromatic heterocycles. The molecule has 14 heteroatoms. The van der Waals surface area contributed by atoms with Crippen LogP contribution in [0.1, 0.15) is 33.1 Å². The highest BCUT2D eigenvalue weighted by atomic mass is 16.6. The van der Waals surface area contributed by atoms with Gasteiger partial charge < -0.3 is 47.9 Å². The van der Waals surface area contributed by atoms with Crippen molar-refractivity contribution in [1.29, 1.82) is 0 Å². The van der Waals surface area contributed by atoms with E-state index in [0.717, 1.165) is 25.8 Å². The predicted octanol–water partition coefficient (Wildman–Crippen LogP) is -2.89. The second kappa shape index (κ2) is 18.0. The molecule has 1 heterocycles. The van der Waals surface area contributed by atoms with Gasteiger partial charge in [0.25, 0.3) is 0 Å². The average molecular weight is 466 g/mol. The molecule has 11 N–H and O–H groups in total. The fourth-order valence-electron chi connectivity index (χ4n) is 1.92. The van der Waals surface area contributed by atoms with E-state index in [2.05, 4.69) is 14.8 Å². The van der Waals surface area contributed by atoms with Gasteiger partial charge in [0.2, 0.25) is 0 Å². The van der Waals surface area contributed by atoms with Crippen LogP contribution in [0, 0.1) is 5.92 Å². The maximum absolute atomic E-state index is 11.1. The summed E-state index contributed by atoms with van der Waals surface area (Å²) in [6.45, 7) is 3.66. The first-order chi connectivity index (χ1) is 14.9. The van der Waals surface area contributed by atoms with Gasteiger partial charge in [0.15, 0.2) is 0 Å². The van der Waals surface area contributed by atoms with Crippen LogP contribution >= 0.6 is 0 Å². The minimum atomic E-state index is -1.21. The lowest BCUT2D eigenvalue weighted by molar-refractivity contribution is -0.160. The molecule has 14 nitrogen and oxygen atoms in total. The molecule has 0 unspecified atom stereocenters. The van der Waals surface area contributed by atoms with Gasteiger partial charge in [-0.05, 0) is 25.3 Å². The van der Waals surface area contributed by atoms with Gasteiger partial charge in [-0.15, -0.1) is 0 Å². The van der Waals surface area contributed by atoms with E-state index in [0.29, 0.717) is 0 Å². The standard InChI is InChI=1S/C8H16N2O3.C5H10N2O4.C5H9NO2/c1-3-5(2)7(10)8(12)13-6(11)4-9;6-1-4(8)11-2-3(7)5(9)10;7-5(8)4-2-1-3-6-4/h5,7H,3-4,9-10H2,1-2H3;3H,1-2,6-7H2,(H,9,10);4,6H,1-3H2,(H,7,8)/t5-,7-;3-;4-/m000/s1. The zero-order valence-corrected chi connectivity index (χ0v) is 18.3. The number of carboxylic acid groups (broad SMARTS) is 2. The van der Waals surface area contributed by atoms with Crippen LogP contribution in [-0.4, -0.2) is 84.4 Å². The zero-order chi connectivity index (χ0) is 25.3. The second-order valence-corrected chi connectivity index (χ2v) is 6.73. The molecule has 4 atom stereocenters. The van der Waals surface area contributed by atoms with Gasteiger partial charge in [-0.1, -0.05) is 20.3 Å². The Hall–Kier alpha value is -2.65. The molecule has 1 aliphatic rings. The lowest BCUT2D eigenvalue weighted by atomic mass is 10.0. The van der Waals surface area contributed by atoms with Crippen LogP contribution in [0.3, 0.4) is 0 Å². The third kappa shape index (κ3) is 15.2. The summed E-state index contributed by atoms with van der Waals surface area (Å²) in [5.41, 5.74) is 20.3. The first-order valence-corrected chi connectivity index (χ1v) is 9.91. The fraction of sp³-hybridized carbons (Fsp3) is 0.722. The summed E-state index contributed by atoms with van der Waals surface area (Å²) in [7, 11) is 0. The number of ether oxygens (including phenoxy) is 2. The molecule has 0 amide bonds. The van der Waals surface area contributed by atoms with Gasteiger partial charge in [-0.25, -0.2) is 4.79 Å². The maximum Gasteiger partial charge on any atom is 0.330 e. The number of nitrogens with one attached hydrogen (secondary N) is 1. The van der Waals surface area contributed by atoms with Gasteiger partial charge in [-0.2, -0.15) is 0 Å². The number of carboxylic acids is 2. The molecule has 32 heavy (non-hydrogen) atoms. The molecule has 0 aromatic rings. The molecule has 0 aliphatic carbocycles. The molecule has 1 saturated heterocycles. The van der Waals surface area contributed by atoms with Crippen molar-refractivity contribution in [2.24, 2.45) is 28.9 Å². The number of nitrogens with two attached hydrogens (primary N) is 4. The Bertz CT molecular complexity index is 612. The third-order valence-corrected chi connectivity index (χ3v) is 4.18. The normalized spacial score (nSPS) is 17.2. The van der Waals surface area contributed by atoms with E-state index >= 15 is 0 Å². The quantitative estimate of drug-likeness (QED) is 0.133. The molecular formula is C18H35N5O9. The summed E-state index contributed by atoms with van der Waals surface area (Å²) in [5, 5.41) is 19.4. The van der Waals surface area contributed by atoms with Crippen molar-refractivity contribution in [2.45, 2.75) is 51.2 Å². The molecule has 0 saturated carbocycles. The molecule has 0 aromatic carbocycles. The van der Waals surface area contributed by atoms with E-state index in [1.165, 1.54) is 0 Å². The summed E-state index contributed by atoms with van der Waals surface area (Å²) < 4.78 is 8.70. The lowest BCUT2D eigenvalue weighted by Gasteiger charge is -2.15. The number of esters is 3. The van der Waals surface area contributed by atoms with Gasteiger partial charge in [0, 0.05) is 0 Å². The van der Waals surface area contributed by atoms with Crippen molar-refractivity contribution in [2.75, 3.05) is 26.2 Å². The van der Waals surface area contributed by atoms with E-state index in [4.69, 9.17) is 33.1 Å².